The Morgan fingerprint density at radius 2 is 0.893 bits per heavy atom. The third-order valence-corrected chi connectivity index (χ3v) is 23.8. The predicted octanol–water partition coefficient (Wildman–Crippen LogP) is 17.2. The normalized spacial score (nSPS) is 27.5. The lowest BCUT2D eigenvalue weighted by molar-refractivity contribution is -0.395. The number of azide groups is 2. The number of hydrogen-bond acceptors (Lipinski definition) is 25. The van der Waals surface area contributed by atoms with E-state index in [1.807, 2.05) is 255 Å². The van der Waals surface area contributed by atoms with Crippen LogP contribution in [0.4, 0.5) is 4.79 Å². The number of hydrogen-bond donors (Lipinski definition) is 0. The molecule has 0 unspecified atom stereocenters. The lowest BCUT2D eigenvalue weighted by Gasteiger charge is -2.53. The first-order chi connectivity index (χ1) is 64.2. The van der Waals surface area contributed by atoms with Crippen molar-refractivity contribution in [3.8, 4) is 0 Å². The summed E-state index contributed by atoms with van der Waals surface area (Å²) in [6, 6.07) is 81.5. The second kappa shape index (κ2) is 46.1. The van der Waals surface area contributed by atoms with E-state index in [0.29, 0.717) is 43.5 Å². The lowest BCUT2D eigenvalue weighted by atomic mass is 9.93. The van der Waals surface area contributed by atoms with Gasteiger partial charge in [-0.05, 0) is 111 Å². The van der Waals surface area contributed by atoms with Gasteiger partial charge in [0.15, 0.2) is 49.9 Å². The molecular weight excluding hydrogens is 1680 g/mol. The molecule has 30 nitrogen and oxygen atoms in total. The standard InChI is InChI=1S/C101H107N7O23/c1-64(109)45-50-82(111)126-94-92(115-57-69-33-15-6-16-34-69)88-81(63-119-96(128-88)76-41-21-9-22-42-76)125-100(94)131-89-83(104-106-102)97(121-65(2)85(89)122-66(3)110)130-90-84(105-107-103)98(123-80-62-118-95(127-86(80)90)75-39-19-8-20-40-75)129-87-79(61-113-56-68-31-13-5-14-32-68)124-99(114-52-28-10-27-51-108(55-67-29-11-4-12-30-67)101(112)120-58-70-35-17-7-18-36-70)93(117-60-72-47-49-74-38-24-26-44-78(74)54-72)91(87)116-59-71-46-48-73-37-23-25-43-77(73)53-71/h4-9,11-26,29-44,46-49,53-54,65,79-81,83-100H,10,27-28,45,50-52,55-63H2,1-3H3/t65-,79+,80+,81+,83-,84+,85+,86-,87-,88+,89-,90+,91-,92-,93+,94+,95-,96+,97-,98+,99-,100-/m0/s1. The van der Waals surface area contributed by atoms with Crippen molar-refractivity contribution in [3.05, 3.63) is 332 Å². The van der Waals surface area contributed by atoms with E-state index in [0.717, 1.165) is 54.9 Å². The number of nitrogens with zero attached hydrogens (tertiary/aromatic N) is 7. The first kappa shape index (κ1) is 92.8. The predicted molar refractivity (Wildman–Crippen MR) is 476 cm³/mol. The number of benzene rings is 10. The molecule has 6 fully saturated rings. The fraction of sp³-hybridized carbons (Fsp3) is 0.406. The average molecular weight is 1790 g/mol. The zero-order valence-electron chi connectivity index (χ0n) is 72.9. The van der Waals surface area contributed by atoms with E-state index in [4.69, 9.17) is 90.0 Å². The molecule has 0 aromatic heterocycles. The van der Waals surface area contributed by atoms with Crippen LogP contribution in [0, 0.1) is 0 Å². The van der Waals surface area contributed by atoms with E-state index in [9.17, 15) is 30.2 Å². The van der Waals surface area contributed by atoms with E-state index >= 15 is 0 Å². The van der Waals surface area contributed by atoms with Gasteiger partial charge in [-0.1, -0.05) is 265 Å². The van der Waals surface area contributed by atoms with Crippen LogP contribution in [0.1, 0.15) is 110 Å². The summed E-state index contributed by atoms with van der Waals surface area (Å²) in [5.41, 5.74) is 28.5. The van der Waals surface area contributed by atoms with Gasteiger partial charge < -0.3 is 99.7 Å². The van der Waals surface area contributed by atoms with Crippen molar-refractivity contribution in [1.29, 1.82) is 0 Å². The van der Waals surface area contributed by atoms with E-state index in [1.165, 1.54) is 13.8 Å². The van der Waals surface area contributed by atoms with Gasteiger partial charge in [-0.3, -0.25) is 9.59 Å². The molecule has 0 N–H and O–H groups in total. The number of carbonyl (C=O) groups is 4. The molecule has 6 aliphatic rings. The van der Waals surface area contributed by atoms with E-state index in [2.05, 4.69) is 32.2 Å². The van der Waals surface area contributed by atoms with Gasteiger partial charge in [0.1, 0.15) is 91.6 Å². The summed E-state index contributed by atoms with van der Waals surface area (Å²) in [6.45, 7) is 4.75. The van der Waals surface area contributed by atoms with Gasteiger partial charge in [0.2, 0.25) is 0 Å². The van der Waals surface area contributed by atoms with Crippen LogP contribution in [-0.4, -0.2) is 184 Å². The highest BCUT2D eigenvalue weighted by Crippen LogP contribution is 2.45. The summed E-state index contributed by atoms with van der Waals surface area (Å²) in [6.07, 6.45) is -25.4. The highest BCUT2D eigenvalue weighted by atomic mass is 16.8. The van der Waals surface area contributed by atoms with E-state index < -0.39 is 153 Å². The number of Topliss-reactive ketones (excluding diaryl/α,β-unsaturated/α-hetero) is 1. The number of rotatable bonds is 39. The zero-order chi connectivity index (χ0) is 90.2. The highest BCUT2D eigenvalue weighted by molar-refractivity contribution is 5.84. The lowest BCUT2D eigenvalue weighted by Crippen LogP contribution is -2.68. The van der Waals surface area contributed by atoms with Crippen molar-refractivity contribution in [2.75, 3.05) is 33.0 Å². The first-order valence-corrected chi connectivity index (χ1v) is 44.5. The van der Waals surface area contributed by atoms with Gasteiger partial charge >= 0.3 is 18.0 Å². The molecule has 0 bridgehead atoms. The third-order valence-electron chi connectivity index (χ3n) is 23.8. The minimum Gasteiger partial charge on any atom is -0.457 e. The van der Waals surface area contributed by atoms with Gasteiger partial charge in [0, 0.05) is 54.0 Å². The highest BCUT2D eigenvalue weighted by Gasteiger charge is 2.60. The summed E-state index contributed by atoms with van der Waals surface area (Å²) in [5, 5.41) is 12.9. The second-order valence-electron chi connectivity index (χ2n) is 33.2. The fourth-order valence-corrected chi connectivity index (χ4v) is 17.3. The van der Waals surface area contributed by atoms with Crippen molar-refractivity contribution >= 4 is 45.4 Å². The molecule has 22 atom stereocenters. The minimum atomic E-state index is -1.76. The summed E-state index contributed by atoms with van der Waals surface area (Å²) in [7, 11) is 0. The molecule has 0 aliphatic carbocycles. The molecule has 131 heavy (non-hydrogen) atoms. The van der Waals surface area contributed by atoms with Crippen molar-refractivity contribution in [2.45, 2.75) is 228 Å². The monoisotopic (exact) mass is 1790 g/mol. The third kappa shape index (κ3) is 24.5. The van der Waals surface area contributed by atoms with Gasteiger partial charge in [0.25, 0.3) is 0 Å². The molecule has 16 rings (SSSR count). The van der Waals surface area contributed by atoms with Gasteiger partial charge in [-0.2, -0.15) is 0 Å². The largest absolute Gasteiger partial charge is 0.457 e. The van der Waals surface area contributed by atoms with Gasteiger partial charge in [0.05, 0.1) is 58.8 Å². The maximum Gasteiger partial charge on any atom is 0.410 e. The maximum absolute atomic E-state index is 14.4. The molecule has 1 amide bonds. The number of ketones is 1. The molecule has 10 aromatic carbocycles. The van der Waals surface area contributed by atoms with Crippen molar-refractivity contribution in [3.63, 3.8) is 0 Å². The topological polar surface area (TPSA) is 344 Å². The van der Waals surface area contributed by atoms with Crippen LogP contribution in [-0.2, 0) is 144 Å². The number of unbranched alkanes of at least 4 members (excludes halogenated alkanes) is 2. The summed E-state index contributed by atoms with van der Waals surface area (Å²) >= 11 is 0. The maximum atomic E-state index is 14.4. The number of esters is 2. The Morgan fingerprint density at radius 1 is 0.412 bits per heavy atom. The Balaban J connectivity index is 0.751. The Hall–Kier alpha value is -11.4. The summed E-state index contributed by atoms with van der Waals surface area (Å²) in [4.78, 5) is 63.1. The molecular formula is C101H107N7O23. The number of amides is 1. The Kier molecular flexibility index (Phi) is 32.7. The summed E-state index contributed by atoms with van der Waals surface area (Å²) < 4.78 is 131. The van der Waals surface area contributed by atoms with Crippen LogP contribution in [0.3, 0.4) is 0 Å². The van der Waals surface area contributed by atoms with Crippen LogP contribution in [0.2, 0.25) is 0 Å². The van der Waals surface area contributed by atoms with Crippen LogP contribution in [0.25, 0.3) is 42.4 Å². The smallest absolute Gasteiger partial charge is 0.410 e. The molecule has 30 heteroatoms. The molecule has 0 radical (unpaired) electrons. The fourth-order valence-electron chi connectivity index (χ4n) is 17.3. The van der Waals surface area contributed by atoms with E-state index in [1.54, 1.807) is 11.8 Å². The Bertz CT molecular complexity index is 5450. The zero-order valence-corrected chi connectivity index (χ0v) is 72.9. The molecule has 0 saturated carbocycles. The number of fused-ring (bicyclic) bond motifs is 4. The van der Waals surface area contributed by atoms with Crippen LogP contribution >= 0.6 is 0 Å². The van der Waals surface area contributed by atoms with E-state index in [-0.39, 0.29) is 78.1 Å². The summed E-state index contributed by atoms with van der Waals surface area (Å²) in [5.74, 6) is -1.89. The number of ether oxygens (including phenoxy) is 19. The van der Waals surface area contributed by atoms with Crippen molar-refractivity contribution in [1.82, 2.24) is 4.90 Å². The molecule has 0 spiro atoms. The molecule has 6 aliphatic heterocycles. The second-order valence-corrected chi connectivity index (χ2v) is 33.2. The Labute approximate surface area is 758 Å². The van der Waals surface area contributed by atoms with Crippen molar-refractivity contribution in [2.24, 2.45) is 10.2 Å². The van der Waals surface area contributed by atoms with Crippen LogP contribution < -0.4 is 0 Å². The van der Waals surface area contributed by atoms with Crippen molar-refractivity contribution < 1.29 is 109 Å². The molecule has 10 aromatic rings. The van der Waals surface area contributed by atoms with Gasteiger partial charge in [-0.25, -0.2) is 4.79 Å². The minimum absolute atomic E-state index is 0.0168. The Morgan fingerprint density at radius 3 is 1.47 bits per heavy atom. The molecule has 6 heterocycles. The quantitative estimate of drug-likeness (QED) is 0.00862. The van der Waals surface area contributed by atoms with Gasteiger partial charge in [-0.15, -0.1) is 0 Å². The SMILES string of the molecule is CC(=O)CCC(=O)O[C@H]1[C@H](O[C@H]2[C@H](N=[N+]=[N-])[C@H](O[C@@H]3[C@@H](N=[N+]=[N-])[C@@H](O[C@@H]4[C@H](OCc5ccc6ccccc6c5)[C@@H](OCc5ccc6ccccc6c5)[C@@H](OCCCCCN(Cc5ccccc5)C(=O)OCc5ccccc5)O[C@@H]4COCc4ccccc4)O[C@@H]4CO[C@H](c5ccccc5)O[C@H]34)O[C@@H](C)[C@H]2OC(C)=O)O[C@@H]2CO[C@@H](c3ccccc3)O[C@H]2[C@@H]1OCc1ccccc1. The van der Waals surface area contributed by atoms with Crippen LogP contribution in [0.15, 0.2) is 277 Å². The molecule has 684 valence electrons. The number of carbonyl (C=O) groups excluding carboxylic acids is 4. The molecule has 6 saturated heterocycles. The first-order valence-electron chi connectivity index (χ1n) is 44.5. The average Bonchev–Trinajstić information content (AvgIpc) is 0.742. The van der Waals surface area contributed by atoms with Crippen LogP contribution in [0.5, 0.6) is 0 Å².